The van der Waals surface area contributed by atoms with E-state index in [1.165, 1.54) is 4.88 Å². The Labute approximate surface area is 123 Å². The van der Waals surface area contributed by atoms with Crippen LogP contribution in [0.25, 0.3) is 10.9 Å². The lowest BCUT2D eigenvalue weighted by molar-refractivity contribution is 0.104. The molecular weight excluding hydrogens is 322 g/mol. The van der Waals surface area contributed by atoms with Crippen LogP contribution in [0.15, 0.2) is 41.0 Å². The SMILES string of the molecule is CCc1ccc(C(=O)c2c[nH]c3ccc(Br)cc23)s1. The molecule has 2 heterocycles. The van der Waals surface area contributed by atoms with E-state index >= 15 is 0 Å². The Kier molecular flexibility index (Phi) is 3.29. The van der Waals surface area contributed by atoms with Crippen molar-refractivity contribution in [2.24, 2.45) is 0 Å². The minimum atomic E-state index is 0.0917. The smallest absolute Gasteiger partial charge is 0.205 e. The van der Waals surface area contributed by atoms with Gasteiger partial charge in [0.1, 0.15) is 0 Å². The van der Waals surface area contributed by atoms with Crippen LogP contribution in [-0.2, 0) is 6.42 Å². The highest BCUT2D eigenvalue weighted by Crippen LogP contribution is 2.27. The van der Waals surface area contributed by atoms with E-state index in [0.29, 0.717) is 0 Å². The molecule has 3 aromatic rings. The summed E-state index contributed by atoms with van der Waals surface area (Å²) in [5.74, 6) is 0.0917. The molecule has 0 aliphatic heterocycles. The number of aromatic nitrogens is 1. The highest BCUT2D eigenvalue weighted by molar-refractivity contribution is 9.10. The van der Waals surface area contributed by atoms with Gasteiger partial charge in [0, 0.05) is 32.0 Å². The summed E-state index contributed by atoms with van der Waals surface area (Å²) < 4.78 is 0.981. The third-order valence-electron chi connectivity index (χ3n) is 3.12. The van der Waals surface area contributed by atoms with Gasteiger partial charge in [0.25, 0.3) is 0 Å². The number of fused-ring (bicyclic) bond motifs is 1. The number of rotatable bonds is 3. The summed E-state index contributed by atoms with van der Waals surface area (Å²) in [5.41, 5.74) is 1.72. The van der Waals surface area contributed by atoms with Crippen molar-refractivity contribution < 1.29 is 4.79 Å². The molecule has 2 nitrogen and oxygen atoms in total. The van der Waals surface area contributed by atoms with Crippen molar-refractivity contribution in [1.82, 2.24) is 4.98 Å². The fraction of sp³-hybridized carbons (Fsp3) is 0.133. The van der Waals surface area contributed by atoms with Gasteiger partial charge in [-0.05, 0) is 36.8 Å². The van der Waals surface area contributed by atoms with Crippen LogP contribution >= 0.6 is 27.3 Å². The van der Waals surface area contributed by atoms with Crippen LogP contribution in [0.5, 0.6) is 0 Å². The molecule has 0 saturated heterocycles. The zero-order valence-electron chi connectivity index (χ0n) is 10.4. The zero-order chi connectivity index (χ0) is 13.4. The molecule has 19 heavy (non-hydrogen) atoms. The molecule has 0 spiro atoms. The standard InChI is InChI=1S/C15H12BrNOS/c1-2-10-4-6-14(19-10)15(18)12-8-17-13-5-3-9(16)7-11(12)13/h3-8,17H,2H2,1H3. The first-order valence-corrected chi connectivity index (χ1v) is 7.70. The lowest BCUT2D eigenvalue weighted by Gasteiger charge is -1.97. The summed E-state index contributed by atoms with van der Waals surface area (Å²) in [6.07, 6.45) is 2.77. The summed E-state index contributed by atoms with van der Waals surface area (Å²) in [5, 5.41) is 0.964. The molecule has 0 radical (unpaired) electrons. The van der Waals surface area contributed by atoms with Gasteiger partial charge in [-0.25, -0.2) is 0 Å². The highest BCUT2D eigenvalue weighted by Gasteiger charge is 2.16. The van der Waals surface area contributed by atoms with Gasteiger partial charge >= 0.3 is 0 Å². The maximum atomic E-state index is 12.5. The van der Waals surface area contributed by atoms with Crippen LogP contribution in [0.1, 0.15) is 27.0 Å². The number of benzene rings is 1. The number of nitrogens with one attached hydrogen (secondary N) is 1. The number of hydrogen-bond donors (Lipinski definition) is 1. The minimum absolute atomic E-state index is 0.0917. The molecule has 1 aromatic carbocycles. The summed E-state index contributed by atoms with van der Waals surface area (Å²) in [4.78, 5) is 17.7. The number of hydrogen-bond acceptors (Lipinski definition) is 2. The van der Waals surface area contributed by atoms with Gasteiger partial charge in [-0.1, -0.05) is 22.9 Å². The number of carbonyl (C=O) groups is 1. The van der Waals surface area contributed by atoms with Crippen LogP contribution in [-0.4, -0.2) is 10.8 Å². The van der Waals surface area contributed by atoms with Crippen LogP contribution in [0, 0.1) is 0 Å². The maximum Gasteiger partial charge on any atom is 0.205 e. The second-order valence-electron chi connectivity index (χ2n) is 4.34. The normalized spacial score (nSPS) is 11.1. The maximum absolute atomic E-state index is 12.5. The van der Waals surface area contributed by atoms with Gasteiger partial charge in [0.15, 0.2) is 0 Å². The van der Waals surface area contributed by atoms with Crippen LogP contribution in [0.3, 0.4) is 0 Å². The number of H-pyrrole nitrogens is 1. The molecule has 96 valence electrons. The van der Waals surface area contributed by atoms with Gasteiger partial charge in [0.2, 0.25) is 5.78 Å². The third kappa shape index (κ3) is 2.26. The second kappa shape index (κ2) is 4.94. The average molecular weight is 334 g/mol. The average Bonchev–Trinajstić information content (AvgIpc) is 3.04. The van der Waals surface area contributed by atoms with Crippen LogP contribution in [0.4, 0.5) is 0 Å². The molecule has 0 amide bonds. The Bertz CT molecular complexity index is 756. The largest absolute Gasteiger partial charge is 0.360 e. The predicted molar refractivity (Wildman–Crippen MR) is 83.1 cm³/mol. The highest BCUT2D eigenvalue weighted by atomic mass is 79.9. The molecule has 0 bridgehead atoms. The molecule has 0 aliphatic carbocycles. The van der Waals surface area contributed by atoms with Crippen molar-refractivity contribution in [3.8, 4) is 0 Å². The van der Waals surface area contributed by atoms with Crippen molar-refractivity contribution in [1.29, 1.82) is 0 Å². The van der Waals surface area contributed by atoms with Crippen LogP contribution < -0.4 is 0 Å². The lowest BCUT2D eigenvalue weighted by atomic mass is 10.1. The second-order valence-corrected chi connectivity index (χ2v) is 6.42. The molecule has 1 N–H and O–H groups in total. The Balaban J connectivity index is 2.08. The first-order valence-electron chi connectivity index (χ1n) is 6.09. The number of thiophene rings is 1. The topological polar surface area (TPSA) is 32.9 Å². The number of halogens is 1. The lowest BCUT2D eigenvalue weighted by Crippen LogP contribution is -1.96. The molecule has 0 atom stereocenters. The Hall–Kier alpha value is -1.39. The van der Waals surface area contributed by atoms with Gasteiger partial charge in [-0.3, -0.25) is 4.79 Å². The Morgan fingerprint density at radius 2 is 2.16 bits per heavy atom. The van der Waals surface area contributed by atoms with Crippen molar-refractivity contribution in [2.75, 3.05) is 0 Å². The van der Waals surface area contributed by atoms with Gasteiger partial charge in [-0.2, -0.15) is 0 Å². The molecule has 3 rings (SSSR count). The molecule has 0 unspecified atom stereocenters. The number of ketones is 1. The molecule has 0 aliphatic rings. The van der Waals surface area contributed by atoms with Gasteiger partial charge in [-0.15, -0.1) is 11.3 Å². The predicted octanol–water partition coefficient (Wildman–Crippen LogP) is 4.79. The quantitative estimate of drug-likeness (QED) is 0.687. The van der Waals surface area contributed by atoms with E-state index < -0.39 is 0 Å². The van der Waals surface area contributed by atoms with Crippen molar-refractivity contribution in [3.63, 3.8) is 0 Å². The van der Waals surface area contributed by atoms with Gasteiger partial charge in [0.05, 0.1) is 4.88 Å². The Morgan fingerprint density at radius 1 is 1.32 bits per heavy atom. The summed E-state index contributed by atoms with van der Waals surface area (Å²) >= 11 is 5.03. The third-order valence-corrected chi connectivity index (χ3v) is 4.84. The summed E-state index contributed by atoms with van der Waals surface area (Å²) in [6, 6.07) is 9.87. The fourth-order valence-corrected chi connectivity index (χ4v) is 3.37. The molecular formula is C15H12BrNOS. The van der Waals surface area contributed by atoms with Crippen molar-refractivity contribution in [2.45, 2.75) is 13.3 Å². The molecule has 0 fully saturated rings. The number of carbonyl (C=O) groups excluding carboxylic acids is 1. The van der Waals surface area contributed by atoms with E-state index in [4.69, 9.17) is 0 Å². The minimum Gasteiger partial charge on any atom is -0.360 e. The van der Waals surface area contributed by atoms with E-state index in [9.17, 15) is 4.79 Å². The van der Waals surface area contributed by atoms with E-state index in [-0.39, 0.29) is 5.78 Å². The van der Waals surface area contributed by atoms with E-state index in [0.717, 1.165) is 32.2 Å². The monoisotopic (exact) mass is 333 g/mol. The summed E-state index contributed by atoms with van der Waals surface area (Å²) in [7, 11) is 0. The first-order chi connectivity index (χ1) is 9.19. The summed E-state index contributed by atoms with van der Waals surface area (Å²) in [6.45, 7) is 2.10. The fourth-order valence-electron chi connectivity index (χ4n) is 2.10. The first kappa shape index (κ1) is 12.6. The molecule has 0 saturated carbocycles. The van der Waals surface area contributed by atoms with Gasteiger partial charge < -0.3 is 4.98 Å². The van der Waals surface area contributed by atoms with E-state index in [1.54, 1.807) is 17.5 Å². The van der Waals surface area contributed by atoms with Crippen LogP contribution in [0.2, 0.25) is 0 Å². The van der Waals surface area contributed by atoms with Crippen molar-refractivity contribution in [3.05, 3.63) is 56.3 Å². The molecule has 2 aromatic heterocycles. The Morgan fingerprint density at radius 3 is 2.89 bits per heavy atom. The van der Waals surface area contributed by atoms with E-state index in [2.05, 4.69) is 27.8 Å². The zero-order valence-corrected chi connectivity index (χ0v) is 12.8. The van der Waals surface area contributed by atoms with Crippen molar-refractivity contribution >= 4 is 44.0 Å². The van der Waals surface area contributed by atoms with E-state index in [1.807, 2.05) is 30.3 Å². The number of aryl methyl sites for hydroxylation is 1. The molecule has 4 heteroatoms. The number of aromatic amines is 1.